The first-order chi connectivity index (χ1) is 10.2. The highest BCUT2D eigenvalue weighted by Crippen LogP contribution is 2.32. The molecule has 0 aliphatic carbocycles. The van der Waals surface area contributed by atoms with Gasteiger partial charge in [-0.25, -0.2) is 0 Å². The summed E-state index contributed by atoms with van der Waals surface area (Å²) in [6.07, 6.45) is 7.95. The second-order valence-corrected chi connectivity index (χ2v) is 5.35. The van der Waals surface area contributed by atoms with Crippen molar-refractivity contribution >= 4 is 12.0 Å². The molecule has 0 saturated heterocycles. The van der Waals surface area contributed by atoms with E-state index in [-0.39, 0.29) is 18.7 Å². The predicted octanol–water partition coefficient (Wildman–Crippen LogP) is 3.51. The Labute approximate surface area is 126 Å². The third kappa shape index (κ3) is 4.81. The van der Waals surface area contributed by atoms with E-state index >= 15 is 0 Å². The van der Waals surface area contributed by atoms with Crippen molar-refractivity contribution < 1.29 is 14.3 Å². The standard InChI is InChI=1S/C17H23NO3/c1-3-4-5-6-13(2)18-17(19)10-8-14-7-9-15-16(11-14)21-12-20-15/h7-11,13H,3-6,12H2,1-2H3,(H,18,19)/b10-8+/t13-/m1/s1. The molecule has 1 heterocycles. The first-order valence-electron chi connectivity index (χ1n) is 7.57. The van der Waals surface area contributed by atoms with Gasteiger partial charge in [-0.3, -0.25) is 4.79 Å². The third-order valence-corrected chi connectivity index (χ3v) is 3.45. The molecule has 4 nitrogen and oxygen atoms in total. The van der Waals surface area contributed by atoms with E-state index in [1.807, 2.05) is 25.1 Å². The topological polar surface area (TPSA) is 47.6 Å². The lowest BCUT2D eigenvalue weighted by molar-refractivity contribution is -0.117. The van der Waals surface area contributed by atoms with Crippen molar-refractivity contribution in [3.63, 3.8) is 0 Å². The molecule has 1 N–H and O–H groups in total. The molecule has 4 heteroatoms. The zero-order chi connectivity index (χ0) is 15.1. The molecule has 1 aliphatic heterocycles. The Morgan fingerprint density at radius 1 is 1.33 bits per heavy atom. The molecule has 1 amide bonds. The normalized spacial score (nSPS) is 14.4. The number of amides is 1. The van der Waals surface area contributed by atoms with Crippen LogP contribution in [-0.2, 0) is 4.79 Å². The molecule has 0 bridgehead atoms. The fourth-order valence-corrected chi connectivity index (χ4v) is 2.25. The van der Waals surface area contributed by atoms with Crippen molar-refractivity contribution in [1.82, 2.24) is 5.32 Å². The maximum absolute atomic E-state index is 11.8. The van der Waals surface area contributed by atoms with Crippen molar-refractivity contribution in [2.24, 2.45) is 0 Å². The maximum atomic E-state index is 11.8. The second kappa shape index (κ2) is 7.72. The summed E-state index contributed by atoms with van der Waals surface area (Å²) in [7, 11) is 0. The van der Waals surface area contributed by atoms with E-state index in [0.29, 0.717) is 0 Å². The molecule has 0 aromatic heterocycles. The van der Waals surface area contributed by atoms with Gasteiger partial charge in [0.1, 0.15) is 0 Å². The fraction of sp³-hybridized carbons (Fsp3) is 0.471. The van der Waals surface area contributed by atoms with Gasteiger partial charge >= 0.3 is 0 Å². The van der Waals surface area contributed by atoms with Crippen LogP contribution in [0.4, 0.5) is 0 Å². The van der Waals surface area contributed by atoms with Crippen LogP contribution in [-0.4, -0.2) is 18.7 Å². The second-order valence-electron chi connectivity index (χ2n) is 5.35. The molecule has 114 valence electrons. The van der Waals surface area contributed by atoms with E-state index in [9.17, 15) is 4.79 Å². The minimum atomic E-state index is -0.0586. The van der Waals surface area contributed by atoms with Crippen molar-refractivity contribution in [1.29, 1.82) is 0 Å². The van der Waals surface area contributed by atoms with E-state index in [1.54, 1.807) is 12.2 Å². The van der Waals surface area contributed by atoms with Gasteiger partial charge in [0.05, 0.1) is 0 Å². The van der Waals surface area contributed by atoms with Gasteiger partial charge in [0, 0.05) is 12.1 Å². The van der Waals surface area contributed by atoms with Crippen LogP contribution in [0.1, 0.15) is 45.1 Å². The number of carbonyl (C=O) groups excluding carboxylic acids is 1. The van der Waals surface area contributed by atoms with Crippen molar-refractivity contribution in [3.8, 4) is 11.5 Å². The van der Waals surface area contributed by atoms with E-state index in [0.717, 1.165) is 29.9 Å². The van der Waals surface area contributed by atoms with Crippen LogP contribution in [0.2, 0.25) is 0 Å². The molecule has 1 aromatic carbocycles. The lowest BCUT2D eigenvalue weighted by atomic mass is 10.1. The van der Waals surface area contributed by atoms with Crippen LogP contribution in [0.5, 0.6) is 11.5 Å². The number of hydrogen-bond acceptors (Lipinski definition) is 3. The first-order valence-corrected chi connectivity index (χ1v) is 7.57. The zero-order valence-corrected chi connectivity index (χ0v) is 12.7. The van der Waals surface area contributed by atoms with Crippen molar-refractivity contribution in [2.75, 3.05) is 6.79 Å². The fourth-order valence-electron chi connectivity index (χ4n) is 2.25. The van der Waals surface area contributed by atoms with Crippen molar-refractivity contribution in [2.45, 2.75) is 45.6 Å². The highest BCUT2D eigenvalue weighted by atomic mass is 16.7. The summed E-state index contributed by atoms with van der Waals surface area (Å²) in [6, 6.07) is 5.84. The minimum Gasteiger partial charge on any atom is -0.454 e. The molecule has 0 saturated carbocycles. The average Bonchev–Trinajstić information content (AvgIpc) is 2.93. The Morgan fingerprint density at radius 3 is 2.95 bits per heavy atom. The molecule has 0 spiro atoms. The molecule has 0 fully saturated rings. The summed E-state index contributed by atoms with van der Waals surface area (Å²) in [6.45, 7) is 4.48. The Morgan fingerprint density at radius 2 is 2.14 bits per heavy atom. The Balaban J connectivity index is 1.81. The predicted molar refractivity (Wildman–Crippen MR) is 83.3 cm³/mol. The van der Waals surface area contributed by atoms with Crippen LogP contribution >= 0.6 is 0 Å². The summed E-state index contributed by atoms with van der Waals surface area (Å²) in [4.78, 5) is 11.8. The summed E-state index contributed by atoms with van der Waals surface area (Å²) < 4.78 is 10.6. The number of fused-ring (bicyclic) bond motifs is 1. The van der Waals surface area contributed by atoms with Gasteiger partial charge in [0.25, 0.3) is 0 Å². The molecule has 0 radical (unpaired) electrons. The molecule has 1 aromatic rings. The molecule has 2 rings (SSSR count). The van der Waals surface area contributed by atoms with E-state index in [1.165, 1.54) is 12.8 Å². The number of ether oxygens (including phenoxy) is 2. The highest BCUT2D eigenvalue weighted by Gasteiger charge is 2.12. The van der Waals surface area contributed by atoms with Gasteiger partial charge < -0.3 is 14.8 Å². The van der Waals surface area contributed by atoms with Crippen LogP contribution in [0.3, 0.4) is 0 Å². The van der Waals surface area contributed by atoms with E-state index in [2.05, 4.69) is 12.2 Å². The molecular formula is C17H23NO3. The maximum Gasteiger partial charge on any atom is 0.244 e. The Kier molecular flexibility index (Phi) is 5.67. The number of carbonyl (C=O) groups is 1. The Bertz CT molecular complexity index is 511. The van der Waals surface area contributed by atoms with Gasteiger partial charge in [-0.05, 0) is 37.1 Å². The van der Waals surface area contributed by atoms with E-state index in [4.69, 9.17) is 9.47 Å². The summed E-state index contributed by atoms with van der Waals surface area (Å²) >= 11 is 0. The average molecular weight is 289 g/mol. The largest absolute Gasteiger partial charge is 0.454 e. The monoisotopic (exact) mass is 289 g/mol. The Hall–Kier alpha value is -1.97. The number of hydrogen-bond donors (Lipinski definition) is 1. The van der Waals surface area contributed by atoms with Gasteiger partial charge in [-0.1, -0.05) is 32.3 Å². The number of rotatable bonds is 7. The lowest BCUT2D eigenvalue weighted by Crippen LogP contribution is -2.30. The number of benzene rings is 1. The minimum absolute atomic E-state index is 0.0586. The van der Waals surface area contributed by atoms with Gasteiger partial charge in [0.2, 0.25) is 12.7 Å². The number of nitrogens with one attached hydrogen (secondary N) is 1. The zero-order valence-electron chi connectivity index (χ0n) is 12.7. The van der Waals surface area contributed by atoms with Gasteiger partial charge in [-0.2, -0.15) is 0 Å². The van der Waals surface area contributed by atoms with Gasteiger partial charge in [-0.15, -0.1) is 0 Å². The lowest BCUT2D eigenvalue weighted by Gasteiger charge is -2.11. The van der Waals surface area contributed by atoms with Crippen molar-refractivity contribution in [3.05, 3.63) is 29.8 Å². The SMILES string of the molecule is CCCCC[C@@H](C)NC(=O)/C=C/c1ccc2c(c1)OCO2. The molecule has 1 atom stereocenters. The molecule has 1 aliphatic rings. The van der Waals surface area contributed by atoms with Crippen LogP contribution in [0, 0.1) is 0 Å². The summed E-state index contributed by atoms with van der Waals surface area (Å²) in [5.74, 6) is 1.42. The molecule has 0 unspecified atom stereocenters. The van der Waals surface area contributed by atoms with Crippen LogP contribution in [0.25, 0.3) is 6.08 Å². The van der Waals surface area contributed by atoms with Crippen LogP contribution in [0.15, 0.2) is 24.3 Å². The molecular weight excluding hydrogens is 266 g/mol. The third-order valence-electron chi connectivity index (χ3n) is 3.45. The first kappa shape index (κ1) is 15.4. The van der Waals surface area contributed by atoms with E-state index < -0.39 is 0 Å². The van der Waals surface area contributed by atoms with Gasteiger partial charge in [0.15, 0.2) is 11.5 Å². The quantitative estimate of drug-likeness (QED) is 0.617. The number of unbranched alkanes of at least 4 members (excludes halogenated alkanes) is 2. The molecule has 21 heavy (non-hydrogen) atoms. The summed E-state index contributed by atoms with van der Waals surface area (Å²) in [5, 5.41) is 2.98. The summed E-state index contributed by atoms with van der Waals surface area (Å²) in [5.41, 5.74) is 0.924. The highest BCUT2D eigenvalue weighted by molar-refractivity contribution is 5.92. The van der Waals surface area contributed by atoms with Crippen LogP contribution < -0.4 is 14.8 Å². The smallest absolute Gasteiger partial charge is 0.244 e.